The molecule has 0 bridgehead atoms. The number of nitrogens with zero attached hydrogens (tertiary/aromatic N) is 1. The maximum absolute atomic E-state index is 13.1. The number of ether oxygens (including phenoxy) is 2. The van der Waals surface area contributed by atoms with Crippen LogP contribution in [0.25, 0.3) is 0 Å². The van der Waals surface area contributed by atoms with E-state index < -0.39 is 23.8 Å². The third kappa shape index (κ3) is 7.28. The molecule has 0 spiro atoms. The molecule has 4 N–H and O–H groups in total. The number of anilines is 1. The Bertz CT molecular complexity index is 1510. The number of hydrogen-bond acceptors (Lipinski definition) is 6. The Labute approximate surface area is 255 Å². The number of allylic oxidation sites excluding steroid dienone is 2. The predicted octanol–water partition coefficient (Wildman–Crippen LogP) is 3.74. The maximum Gasteiger partial charge on any atom is 0.322 e. The van der Waals surface area contributed by atoms with Crippen molar-refractivity contribution in [3.05, 3.63) is 89.5 Å². The minimum absolute atomic E-state index is 0.0314. The van der Waals surface area contributed by atoms with Crippen molar-refractivity contribution in [2.45, 2.75) is 44.7 Å². The average molecular weight is 601 g/mol. The summed E-state index contributed by atoms with van der Waals surface area (Å²) in [7, 11) is 0. The number of carboxylic acids is 1. The van der Waals surface area contributed by atoms with Gasteiger partial charge in [0.2, 0.25) is 18.6 Å². The zero-order chi connectivity index (χ0) is 31.2. The van der Waals surface area contributed by atoms with Crippen LogP contribution in [0.5, 0.6) is 11.5 Å². The predicted molar refractivity (Wildman–Crippen MR) is 163 cm³/mol. The van der Waals surface area contributed by atoms with Gasteiger partial charge in [-0.05, 0) is 53.3 Å². The molecule has 2 heterocycles. The lowest BCUT2D eigenvalue weighted by Crippen LogP contribution is -2.49. The summed E-state index contributed by atoms with van der Waals surface area (Å²) in [5.74, 6) is -1.83. The number of fused-ring (bicyclic) bond motifs is 2. The number of aliphatic carboxylic acids is 1. The lowest BCUT2D eigenvalue weighted by molar-refractivity contribution is -0.139. The van der Waals surface area contributed by atoms with Crippen molar-refractivity contribution in [2.75, 3.05) is 25.2 Å². The molecule has 5 rings (SSSR count). The lowest BCUT2D eigenvalue weighted by atomic mass is 9.98. The normalized spacial score (nSPS) is 17.5. The molecule has 0 fully saturated rings. The van der Waals surface area contributed by atoms with Crippen molar-refractivity contribution in [2.24, 2.45) is 5.92 Å². The first-order valence-corrected chi connectivity index (χ1v) is 14.6. The van der Waals surface area contributed by atoms with Gasteiger partial charge in [0.1, 0.15) is 6.04 Å². The van der Waals surface area contributed by atoms with E-state index in [2.05, 4.69) is 16.0 Å². The summed E-state index contributed by atoms with van der Waals surface area (Å²) in [5, 5.41) is 18.2. The standard InChI is InChI=1S/C33H36N4O7/c1-20(2)15-26(31(39)34-18-25(32(40)41)23-9-12-28-29(17-23)44-19-43-28)36-30(38)16-21-7-10-24(11-8-21)35-33(42)37-14-13-22-5-3-4-6-27(22)37/h3-13,17,20,25-27H,14-16,18-19H2,1-2H3,(H,34,39)(H,35,42)(H,36,38)(H,40,41)/t25?,26-,27?/m0/s1. The minimum atomic E-state index is -1.10. The van der Waals surface area contributed by atoms with Crippen LogP contribution in [-0.2, 0) is 20.8 Å². The number of nitrogens with one attached hydrogen (secondary N) is 3. The summed E-state index contributed by atoms with van der Waals surface area (Å²) >= 11 is 0. The molecule has 2 aromatic rings. The number of hydrogen-bond donors (Lipinski definition) is 4. The van der Waals surface area contributed by atoms with Crippen molar-refractivity contribution in [3.63, 3.8) is 0 Å². The van der Waals surface area contributed by atoms with Crippen molar-refractivity contribution in [1.29, 1.82) is 0 Å². The van der Waals surface area contributed by atoms with E-state index >= 15 is 0 Å². The largest absolute Gasteiger partial charge is 0.481 e. The molecule has 0 aromatic heterocycles. The molecule has 4 amide bonds. The fraction of sp³-hybridized carbons (Fsp3) is 0.333. The van der Waals surface area contributed by atoms with Gasteiger partial charge in [0, 0.05) is 18.8 Å². The van der Waals surface area contributed by atoms with E-state index in [0.717, 1.165) is 5.57 Å². The Morgan fingerprint density at radius 2 is 1.80 bits per heavy atom. The Kier molecular flexibility index (Phi) is 9.32. The summed E-state index contributed by atoms with van der Waals surface area (Å²) in [6, 6.07) is 10.7. The molecule has 3 aliphatic rings. The van der Waals surface area contributed by atoms with Crippen LogP contribution in [0, 0.1) is 5.92 Å². The fourth-order valence-corrected chi connectivity index (χ4v) is 5.38. The maximum atomic E-state index is 13.1. The molecule has 2 aliphatic heterocycles. The highest BCUT2D eigenvalue weighted by Gasteiger charge is 2.29. The number of carbonyl (C=O) groups is 4. The number of carbonyl (C=O) groups excluding carboxylic acids is 3. The molecule has 230 valence electrons. The molecular formula is C33H36N4O7. The highest BCUT2D eigenvalue weighted by Crippen LogP contribution is 2.34. The molecular weight excluding hydrogens is 564 g/mol. The van der Waals surface area contributed by atoms with E-state index in [1.54, 1.807) is 47.4 Å². The first kappa shape index (κ1) is 30.4. The van der Waals surface area contributed by atoms with Gasteiger partial charge >= 0.3 is 12.0 Å². The number of urea groups is 1. The van der Waals surface area contributed by atoms with E-state index in [1.165, 1.54) is 0 Å². The summed E-state index contributed by atoms with van der Waals surface area (Å²) < 4.78 is 10.6. The number of rotatable bonds is 11. The van der Waals surface area contributed by atoms with Gasteiger partial charge in [-0.2, -0.15) is 0 Å². The average Bonchev–Trinajstić information content (AvgIpc) is 3.64. The Morgan fingerprint density at radius 3 is 2.55 bits per heavy atom. The van der Waals surface area contributed by atoms with E-state index in [0.29, 0.717) is 41.3 Å². The van der Waals surface area contributed by atoms with Gasteiger partial charge in [0.05, 0.1) is 18.4 Å². The zero-order valence-electron chi connectivity index (χ0n) is 24.6. The molecule has 1 aliphatic carbocycles. The lowest BCUT2D eigenvalue weighted by Gasteiger charge is -2.25. The van der Waals surface area contributed by atoms with Gasteiger partial charge in [-0.15, -0.1) is 0 Å². The second kappa shape index (κ2) is 13.5. The van der Waals surface area contributed by atoms with E-state index in [4.69, 9.17) is 9.47 Å². The monoisotopic (exact) mass is 600 g/mol. The van der Waals surface area contributed by atoms with E-state index in [-0.39, 0.29) is 43.7 Å². The quantitative estimate of drug-likeness (QED) is 0.307. The topological polar surface area (TPSA) is 146 Å². The van der Waals surface area contributed by atoms with Crippen LogP contribution >= 0.6 is 0 Å². The summed E-state index contributed by atoms with van der Waals surface area (Å²) in [4.78, 5) is 52.7. The number of benzene rings is 2. The highest BCUT2D eigenvalue weighted by atomic mass is 16.7. The number of amides is 4. The molecule has 0 radical (unpaired) electrons. The van der Waals surface area contributed by atoms with Crippen LogP contribution < -0.4 is 25.4 Å². The van der Waals surface area contributed by atoms with Crippen molar-refractivity contribution in [3.8, 4) is 11.5 Å². The first-order valence-electron chi connectivity index (χ1n) is 14.6. The molecule has 11 nitrogen and oxygen atoms in total. The van der Waals surface area contributed by atoms with E-state index in [1.807, 2.05) is 44.2 Å². The van der Waals surface area contributed by atoms with Crippen molar-refractivity contribution >= 4 is 29.5 Å². The van der Waals surface area contributed by atoms with Gasteiger partial charge in [0.15, 0.2) is 11.5 Å². The van der Waals surface area contributed by atoms with Crippen molar-refractivity contribution < 1.29 is 33.8 Å². The van der Waals surface area contributed by atoms with Crippen LogP contribution in [-0.4, -0.2) is 65.8 Å². The van der Waals surface area contributed by atoms with Crippen molar-refractivity contribution in [1.82, 2.24) is 15.5 Å². The molecule has 11 heteroatoms. The molecule has 3 atom stereocenters. The van der Waals surface area contributed by atoms with Gasteiger partial charge in [0.25, 0.3) is 0 Å². The highest BCUT2D eigenvalue weighted by molar-refractivity contribution is 5.91. The van der Waals surface area contributed by atoms with Crippen LogP contribution in [0.3, 0.4) is 0 Å². The smallest absolute Gasteiger partial charge is 0.322 e. The first-order chi connectivity index (χ1) is 21.2. The molecule has 0 saturated carbocycles. The second-order valence-electron chi connectivity index (χ2n) is 11.3. The van der Waals surface area contributed by atoms with Gasteiger partial charge in [-0.3, -0.25) is 14.4 Å². The van der Waals surface area contributed by atoms with Gasteiger partial charge < -0.3 is 35.4 Å². The van der Waals surface area contributed by atoms with Gasteiger partial charge in [-0.25, -0.2) is 4.79 Å². The van der Waals surface area contributed by atoms with Crippen LogP contribution in [0.4, 0.5) is 10.5 Å². The molecule has 44 heavy (non-hydrogen) atoms. The molecule has 2 unspecified atom stereocenters. The Balaban J connectivity index is 1.14. The summed E-state index contributed by atoms with van der Waals surface area (Å²) in [6.45, 7) is 4.31. The molecule has 0 saturated heterocycles. The summed E-state index contributed by atoms with van der Waals surface area (Å²) in [5.41, 5.74) is 2.88. The Hall–Kier alpha value is -5.06. The summed E-state index contributed by atoms with van der Waals surface area (Å²) in [6.07, 6.45) is 10.3. The Morgan fingerprint density at radius 1 is 1.02 bits per heavy atom. The van der Waals surface area contributed by atoms with E-state index in [9.17, 15) is 24.3 Å². The van der Waals surface area contributed by atoms with Crippen LogP contribution in [0.2, 0.25) is 0 Å². The minimum Gasteiger partial charge on any atom is -0.481 e. The zero-order valence-corrected chi connectivity index (χ0v) is 24.6. The molecule has 2 aromatic carbocycles. The van der Waals surface area contributed by atoms with Gasteiger partial charge in [-0.1, -0.05) is 62.4 Å². The SMILES string of the molecule is CC(C)C[C@H](NC(=O)Cc1ccc(NC(=O)N2CC=C3C=CC=CC32)cc1)C(=O)NCC(C(=O)O)c1ccc2c(c1)OCO2. The third-order valence-corrected chi connectivity index (χ3v) is 7.66. The van der Waals surface area contributed by atoms with Crippen LogP contribution in [0.1, 0.15) is 37.3 Å². The number of carboxylic acid groups (broad SMARTS) is 1. The van der Waals surface area contributed by atoms with Crippen LogP contribution in [0.15, 0.2) is 78.4 Å². The third-order valence-electron chi connectivity index (χ3n) is 7.66. The fourth-order valence-electron chi connectivity index (χ4n) is 5.38. The second-order valence-corrected chi connectivity index (χ2v) is 11.3.